The first-order valence-corrected chi connectivity index (χ1v) is 7.18. The molecule has 2 aromatic carbocycles. The number of ether oxygens (including phenoxy) is 1. The van der Waals surface area contributed by atoms with Crippen LogP contribution in [-0.4, -0.2) is 19.1 Å². The van der Waals surface area contributed by atoms with Crippen molar-refractivity contribution in [3.63, 3.8) is 0 Å². The predicted octanol–water partition coefficient (Wildman–Crippen LogP) is 3.93. The van der Waals surface area contributed by atoms with E-state index in [1.807, 2.05) is 31.2 Å². The highest BCUT2D eigenvalue weighted by Gasteiger charge is 2.05. The van der Waals surface area contributed by atoms with Crippen molar-refractivity contribution in [3.05, 3.63) is 53.3 Å². The highest BCUT2D eigenvalue weighted by Crippen LogP contribution is 2.19. The first-order chi connectivity index (χ1) is 10.6. The minimum Gasteiger partial charge on any atom is -0.494 e. The third-order valence-electron chi connectivity index (χ3n) is 2.82. The second-order valence-electron chi connectivity index (χ2n) is 4.49. The standard InChI is InChI=1S/C16H16ClFN2O2/c1-2-22-13-6-3-11(4-7-13)19-10-16(21)20-12-5-8-15(18)14(17)9-12/h3-9,19H,2,10H2,1H3,(H,20,21). The van der Waals surface area contributed by atoms with E-state index in [9.17, 15) is 9.18 Å². The van der Waals surface area contributed by atoms with Crippen LogP contribution in [0.3, 0.4) is 0 Å². The molecule has 1 amide bonds. The van der Waals surface area contributed by atoms with E-state index in [0.29, 0.717) is 12.3 Å². The SMILES string of the molecule is CCOc1ccc(NCC(=O)Nc2ccc(F)c(Cl)c2)cc1. The second-order valence-corrected chi connectivity index (χ2v) is 4.90. The summed E-state index contributed by atoms with van der Waals surface area (Å²) in [5.41, 5.74) is 1.25. The maximum atomic E-state index is 13.0. The molecule has 0 unspecified atom stereocenters. The maximum absolute atomic E-state index is 13.0. The van der Waals surface area contributed by atoms with Gasteiger partial charge in [0.1, 0.15) is 11.6 Å². The summed E-state index contributed by atoms with van der Waals surface area (Å²) in [7, 11) is 0. The van der Waals surface area contributed by atoms with Crippen LogP contribution in [0.5, 0.6) is 5.75 Å². The number of anilines is 2. The average Bonchev–Trinajstić information content (AvgIpc) is 2.51. The topological polar surface area (TPSA) is 50.4 Å². The zero-order valence-corrected chi connectivity index (χ0v) is 12.8. The molecule has 0 saturated carbocycles. The molecular formula is C16H16ClFN2O2. The Morgan fingerprint density at radius 3 is 2.50 bits per heavy atom. The predicted molar refractivity (Wildman–Crippen MR) is 86.1 cm³/mol. The van der Waals surface area contributed by atoms with Crippen molar-refractivity contribution in [2.45, 2.75) is 6.92 Å². The van der Waals surface area contributed by atoms with Gasteiger partial charge in [-0.25, -0.2) is 4.39 Å². The third-order valence-corrected chi connectivity index (χ3v) is 3.11. The molecule has 0 bridgehead atoms. The van der Waals surface area contributed by atoms with Gasteiger partial charge in [0.15, 0.2) is 0 Å². The Balaban J connectivity index is 1.85. The largest absolute Gasteiger partial charge is 0.494 e. The Hall–Kier alpha value is -2.27. The molecular weight excluding hydrogens is 307 g/mol. The maximum Gasteiger partial charge on any atom is 0.243 e. The summed E-state index contributed by atoms with van der Waals surface area (Å²) < 4.78 is 18.4. The third kappa shape index (κ3) is 4.63. The zero-order valence-electron chi connectivity index (χ0n) is 12.0. The number of nitrogens with one attached hydrogen (secondary N) is 2. The van der Waals surface area contributed by atoms with Crippen LogP contribution >= 0.6 is 11.6 Å². The fourth-order valence-corrected chi connectivity index (χ4v) is 1.98. The molecule has 2 aromatic rings. The van der Waals surface area contributed by atoms with E-state index in [-0.39, 0.29) is 17.5 Å². The highest BCUT2D eigenvalue weighted by molar-refractivity contribution is 6.31. The van der Waals surface area contributed by atoms with E-state index < -0.39 is 5.82 Å². The lowest BCUT2D eigenvalue weighted by Gasteiger charge is -2.09. The van der Waals surface area contributed by atoms with E-state index >= 15 is 0 Å². The number of benzene rings is 2. The zero-order chi connectivity index (χ0) is 15.9. The summed E-state index contributed by atoms with van der Waals surface area (Å²) in [6.07, 6.45) is 0. The molecule has 6 heteroatoms. The van der Waals surface area contributed by atoms with Gasteiger partial charge in [-0.2, -0.15) is 0 Å². The van der Waals surface area contributed by atoms with Gasteiger partial charge in [-0.15, -0.1) is 0 Å². The normalized spacial score (nSPS) is 10.1. The fraction of sp³-hybridized carbons (Fsp3) is 0.188. The summed E-state index contributed by atoms with van der Waals surface area (Å²) in [5, 5.41) is 5.59. The molecule has 4 nitrogen and oxygen atoms in total. The van der Waals surface area contributed by atoms with Gasteiger partial charge < -0.3 is 15.4 Å². The number of hydrogen-bond acceptors (Lipinski definition) is 3. The van der Waals surface area contributed by atoms with Crippen LogP contribution in [0.25, 0.3) is 0 Å². The van der Waals surface area contributed by atoms with Crippen LogP contribution in [-0.2, 0) is 4.79 Å². The second kappa shape index (κ2) is 7.66. The molecule has 116 valence electrons. The molecule has 2 rings (SSSR count). The molecule has 0 aliphatic heterocycles. The van der Waals surface area contributed by atoms with Crippen LogP contribution in [0, 0.1) is 5.82 Å². The van der Waals surface area contributed by atoms with E-state index in [1.165, 1.54) is 18.2 Å². The Labute approximate surface area is 133 Å². The minimum absolute atomic E-state index is 0.0303. The van der Waals surface area contributed by atoms with Crippen LogP contribution in [0.4, 0.5) is 15.8 Å². The van der Waals surface area contributed by atoms with Crippen LogP contribution in [0.15, 0.2) is 42.5 Å². The molecule has 0 atom stereocenters. The fourth-order valence-electron chi connectivity index (χ4n) is 1.80. The Kier molecular flexibility index (Phi) is 5.61. The van der Waals surface area contributed by atoms with Gasteiger partial charge in [0, 0.05) is 11.4 Å². The molecule has 0 aromatic heterocycles. The minimum atomic E-state index is -0.521. The first kappa shape index (κ1) is 16.1. The number of hydrogen-bond donors (Lipinski definition) is 2. The number of rotatable bonds is 6. The van der Waals surface area contributed by atoms with Crippen molar-refractivity contribution in [2.24, 2.45) is 0 Å². The van der Waals surface area contributed by atoms with Crippen LogP contribution in [0.1, 0.15) is 6.92 Å². The van der Waals surface area contributed by atoms with Crippen molar-refractivity contribution in [1.29, 1.82) is 0 Å². The lowest BCUT2D eigenvalue weighted by molar-refractivity contribution is -0.114. The van der Waals surface area contributed by atoms with Gasteiger partial charge in [-0.1, -0.05) is 11.6 Å². The van der Waals surface area contributed by atoms with Crippen molar-refractivity contribution in [1.82, 2.24) is 0 Å². The van der Waals surface area contributed by atoms with Gasteiger partial charge >= 0.3 is 0 Å². The lowest BCUT2D eigenvalue weighted by atomic mass is 10.3. The quantitative estimate of drug-likeness (QED) is 0.847. The first-order valence-electron chi connectivity index (χ1n) is 6.80. The Morgan fingerprint density at radius 1 is 1.18 bits per heavy atom. The van der Waals surface area contributed by atoms with Crippen LogP contribution in [0.2, 0.25) is 5.02 Å². The summed E-state index contributed by atoms with van der Waals surface area (Å²) >= 11 is 5.66. The van der Waals surface area contributed by atoms with E-state index in [4.69, 9.17) is 16.3 Å². The van der Waals surface area contributed by atoms with Crippen molar-refractivity contribution >= 4 is 28.9 Å². The van der Waals surface area contributed by atoms with Crippen molar-refractivity contribution < 1.29 is 13.9 Å². The Morgan fingerprint density at radius 2 is 1.86 bits per heavy atom. The summed E-state index contributed by atoms with van der Waals surface area (Å²) in [6.45, 7) is 2.61. The van der Waals surface area contributed by atoms with Crippen molar-refractivity contribution in [3.8, 4) is 5.75 Å². The number of carbonyl (C=O) groups is 1. The lowest BCUT2D eigenvalue weighted by Crippen LogP contribution is -2.21. The van der Waals surface area contributed by atoms with Crippen LogP contribution < -0.4 is 15.4 Å². The molecule has 0 fully saturated rings. The number of amides is 1. The average molecular weight is 323 g/mol. The van der Waals surface area contributed by atoms with E-state index in [1.54, 1.807) is 0 Å². The molecule has 2 N–H and O–H groups in total. The number of carbonyl (C=O) groups excluding carboxylic acids is 1. The summed E-state index contributed by atoms with van der Waals surface area (Å²) in [6, 6.07) is 11.3. The number of halogens is 2. The van der Waals surface area contributed by atoms with Gasteiger partial charge in [0.25, 0.3) is 0 Å². The molecule has 0 aliphatic carbocycles. The van der Waals surface area contributed by atoms with Crippen molar-refractivity contribution in [2.75, 3.05) is 23.8 Å². The molecule has 22 heavy (non-hydrogen) atoms. The summed E-state index contributed by atoms with van der Waals surface area (Å²) in [4.78, 5) is 11.8. The van der Waals surface area contributed by atoms with Gasteiger partial charge in [0.05, 0.1) is 18.2 Å². The van der Waals surface area contributed by atoms with E-state index in [2.05, 4.69) is 10.6 Å². The smallest absolute Gasteiger partial charge is 0.243 e. The Bertz CT molecular complexity index is 647. The molecule has 0 heterocycles. The molecule has 0 radical (unpaired) electrons. The van der Waals surface area contributed by atoms with E-state index in [0.717, 1.165) is 11.4 Å². The molecule has 0 spiro atoms. The van der Waals surface area contributed by atoms with Gasteiger partial charge in [-0.05, 0) is 49.4 Å². The van der Waals surface area contributed by atoms with Gasteiger partial charge in [-0.3, -0.25) is 4.79 Å². The molecule has 0 aliphatic rings. The monoisotopic (exact) mass is 322 g/mol. The highest BCUT2D eigenvalue weighted by atomic mass is 35.5. The van der Waals surface area contributed by atoms with Gasteiger partial charge in [0.2, 0.25) is 5.91 Å². The molecule has 0 saturated heterocycles. The summed E-state index contributed by atoms with van der Waals surface area (Å²) in [5.74, 6) is 0.00203.